The third-order valence-electron chi connectivity index (χ3n) is 3.98. The summed E-state index contributed by atoms with van der Waals surface area (Å²) < 4.78 is 6.54. The SMILES string of the molecule is O=C(Nc1ccc2oc(-c3ccc(Cl)cc3Cl)nc2c1)c1cc(Br)ccc1Cl. The number of hydrogen-bond acceptors (Lipinski definition) is 3. The third-order valence-corrected chi connectivity index (χ3v) is 5.35. The third kappa shape index (κ3) is 3.89. The summed E-state index contributed by atoms with van der Waals surface area (Å²) in [6.07, 6.45) is 0. The van der Waals surface area contributed by atoms with Gasteiger partial charge in [-0.2, -0.15) is 0 Å². The van der Waals surface area contributed by atoms with Crippen LogP contribution in [0.4, 0.5) is 5.69 Å². The highest BCUT2D eigenvalue weighted by Gasteiger charge is 2.15. The van der Waals surface area contributed by atoms with Crippen molar-refractivity contribution in [2.45, 2.75) is 0 Å². The summed E-state index contributed by atoms with van der Waals surface area (Å²) >= 11 is 21.6. The van der Waals surface area contributed by atoms with Crippen molar-refractivity contribution in [2.24, 2.45) is 0 Å². The van der Waals surface area contributed by atoms with Gasteiger partial charge in [0.2, 0.25) is 5.89 Å². The van der Waals surface area contributed by atoms with E-state index in [0.717, 1.165) is 4.47 Å². The summed E-state index contributed by atoms with van der Waals surface area (Å²) in [6, 6.07) is 15.3. The molecule has 0 spiro atoms. The van der Waals surface area contributed by atoms with E-state index in [1.165, 1.54) is 0 Å². The van der Waals surface area contributed by atoms with Crippen LogP contribution < -0.4 is 5.32 Å². The summed E-state index contributed by atoms with van der Waals surface area (Å²) in [6.45, 7) is 0. The molecule has 3 aromatic carbocycles. The van der Waals surface area contributed by atoms with Crippen LogP contribution in [0, 0.1) is 0 Å². The zero-order chi connectivity index (χ0) is 19.8. The molecule has 0 saturated carbocycles. The molecule has 28 heavy (non-hydrogen) atoms. The van der Waals surface area contributed by atoms with Crippen molar-refractivity contribution in [3.63, 3.8) is 0 Å². The number of amides is 1. The molecule has 0 aliphatic rings. The zero-order valence-electron chi connectivity index (χ0n) is 14.0. The maximum absolute atomic E-state index is 12.5. The van der Waals surface area contributed by atoms with Crippen molar-refractivity contribution in [1.29, 1.82) is 0 Å². The Hall–Kier alpha value is -2.05. The Labute approximate surface area is 183 Å². The van der Waals surface area contributed by atoms with E-state index < -0.39 is 0 Å². The first kappa shape index (κ1) is 19.3. The highest BCUT2D eigenvalue weighted by Crippen LogP contribution is 2.32. The maximum Gasteiger partial charge on any atom is 0.257 e. The lowest BCUT2D eigenvalue weighted by atomic mass is 10.2. The maximum atomic E-state index is 12.5. The van der Waals surface area contributed by atoms with Gasteiger partial charge in [0.1, 0.15) is 5.52 Å². The van der Waals surface area contributed by atoms with Crippen molar-refractivity contribution in [3.05, 3.63) is 79.7 Å². The Balaban J connectivity index is 1.65. The molecule has 1 heterocycles. The molecule has 140 valence electrons. The highest BCUT2D eigenvalue weighted by atomic mass is 79.9. The molecule has 0 fully saturated rings. The summed E-state index contributed by atoms with van der Waals surface area (Å²) in [7, 11) is 0. The lowest BCUT2D eigenvalue weighted by Crippen LogP contribution is -2.12. The number of hydrogen-bond donors (Lipinski definition) is 1. The molecular formula is C20H10BrCl3N2O2. The average molecular weight is 497 g/mol. The van der Waals surface area contributed by atoms with E-state index in [4.69, 9.17) is 39.2 Å². The summed E-state index contributed by atoms with van der Waals surface area (Å²) in [5.74, 6) is 0.0466. The number of oxazole rings is 1. The first-order valence-corrected chi connectivity index (χ1v) is 9.96. The van der Waals surface area contributed by atoms with Crippen molar-refractivity contribution in [2.75, 3.05) is 5.32 Å². The van der Waals surface area contributed by atoms with Crippen molar-refractivity contribution in [1.82, 2.24) is 4.98 Å². The van der Waals surface area contributed by atoms with Crippen LogP contribution in [0.15, 0.2) is 63.5 Å². The molecule has 0 atom stereocenters. The second-order valence-electron chi connectivity index (χ2n) is 5.90. The van der Waals surface area contributed by atoms with E-state index in [9.17, 15) is 4.79 Å². The van der Waals surface area contributed by atoms with Crippen LogP contribution >= 0.6 is 50.7 Å². The predicted octanol–water partition coefficient (Wildman–Crippen LogP) is 7.47. The van der Waals surface area contributed by atoms with E-state index in [0.29, 0.717) is 48.9 Å². The first-order valence-electron chi connectivity index (χ1n) is 8.03. The van der Waals surface area contributed by atoms with Gasteiger partial charge in [-0.3, -0.25) is 4.79 Å². The minimum atomic E-state index is -0.324. The number of aromatic nitrogens is 1. The molecule has 1 aromatic heterocycles. The number of benzene rings is 3. The van der Waals surface area contributed by atoms with Gasteiger partial charge in [0, 0.05) is 15.2 Å². The van der Waals surface area contributed by atoms with Crippen LogP contribution in [-0.4, -0.2) is 10.9 Å². The predicted molar refractivity (Wildman–Crippen MR) is 117 cm³/mol. The number of rotatable bonds is 3. The smallest absolute Gasteiger partial charge is 0.257 e. The summed E-state index contributed by atoms with van der Waals surface area (Å²) in [5.41, 5.74) is 2.72. The van der Waals surface area contributed by atoms with Crippen LogP contribution in [-0.2, 0) is 0 Å². The minimum absolute atomic E-state index is 0.324. The molecule has 0 unspecified atom stereocenters. The van der Waals surface area contributed by atoms with Gasteiger partial charge in [0.15, 0.2) is 5.58 Å². The van der Waals surface area contributed by atoms with Gasteiger partial charge in [-0.25, -0.2) is 4.98 Å². The normalized spacial score (nSPS) is 11.0. The van der Waals surface area contributed by atoms with Gasteiger partial charge in [-0.15, -0.1) is 0 Å². The van der Waals surface area contributed by atoms with Crippen LogP contribution in [0.2, 0.25) is 15.1 Å². The molecular weight excluding hydrogens is 486 g/mol. The molecule has 1 N–H and O–H groups in total. The number of carbonyl (C=O) groups excluding carboxylic acids is 1. The van der Waals surface area contributed by atoms with Gasteiger partial charge >= 0.3 is 0 Å². The number of nitrogens with one attached hydrogen (secondary N) is 1. The molecule has 4 nitrogen and oxygen atoms in total. The molecule has 1 amide bonds. The molecule has 0 bridgehead atoms. The topological polar surface area (TPSA) is 55.1 Å². The van der Waals surface area contributed by atoms with E-state index >= 15 is 0 Å². The van der Waals surface area contributed by atoms with Gasteiger partial charge in [-0.05, 0) is 54.6 Å². The van der Waals surface area contributed by atoms with Gasteiger partial charge in [0.25, 0.3) is 5.91 Å². The van der Waals surface area contributed by atoms with Crippen LogP contribution in [0.5, 0.6) is 0 Å². The zero-order valence-corrected chi connectivity index (χ0v) is 17.8. The quantitative estimate of drug-likeness (QED) is 0.320. The molecule has 4 aromatic rings. The van der Waals surface area contributed by atoms with E-state index in [1.807, 2.05) is 0 Å². The lowest BCUT2D eigenvalue weighted by Gasteiger charge is -2.07. The standard InChI is InChI=1S/C20H10BrCl3N2O2/c21-10-1-5-15(23)14(7-10)19(27)25-12-3-6-18-17(9-12)26-20(28-18)13-4-2-11(22)8-16(13)24/h1-9H,(H,25,27). The highest BCUT2D eigenvalue weighted by molar-refractivity contribution is 9.10. The van der Waals surface area contributed by atoms with Crippen LogP contribution in [0.25, 0.3) is 22.6 Å². The second kappa shape index (κ2) is 7.76. The number of halogens is 4. The number of anilines is 1. The largest absolute Gasteiger partial charge is 0.436 e. The van der Waals surface area contributed by atoms with Crippen LogP contribution in [0.3, 0.4) is 0 Å². The Morgan fingerprint density at radius 2 is 1.79 bits per heavy atom. The van der Waals surface area contributed by atoms with Crippen molar-refractivity contribution < 1.29 is 9.21 Å². The van der Waals surface area contributed by atoms with Crippen molar-refractivity contribution in [3.8, 4) is 11.5 Å². The Morgan fingerprint density at radius 1 is 0.964 bits per heavy atom. The van der Waals surface area contributed by atoms with Gasteiger partial charge in [0.05, 0.1) is 21.2 Å². The second-order valence-corrected chi connectivity index (χ2v) is 8.07. The molecule has 0 aliphatic heterocycles. The van der Waals surface area contributed by atoms with E-state index in [1.54, 1.807) is 54.6 Å². The van der Waals surface area contributed by atoms with Gasteiger partial charge in [-0.1, -0.05) is 50.7 Å². The Morgan fingerprint density at radius 3 is 2.57 bits per heavy atom. The number of fused-ring (bicyclic) bond motifs is 1. The fourth-order valence-electron chi connectivity index (χ4n) is 2.65. The monoisotopic (exact) mass is 494 g/mol. The van der Waals surface area contributed by atoms with Crippen molar-refractivity contribution >= 4 is 73.4 Å². The Bertz CT molecular complexity index is 1220. The fraction of sp³-hybridized carbons (Fsp3) is 0. The minimum Gasteiger partial charge on any atom is -0.436 e. The number of nitrogens with zero attached hydrogens (tertiary/aromatic N) is 1. The lowest BCUT2D eigenvalue weighted by molar-refractivity contribution is 0.102. The first-order chi connectivity index (χ1) is 13.4. The molecule has 0 saturated heterocycles. The molecule has 4 rings (SSSR count). The van der Waals surface area contributed by atoms with E-state index in [-0.39, 0.29) is 5.91 Å². The van der Waals surface area contributed by atoms with Gasteiger partial charge < -0.3 is 9.73 Å². The fourth-order valence-corrected chi connectivity index (χ4v) is 3.71. The van der Waals surface area contributed by atoms with Crippen LogP contribution in [0.1, 0.15) is 10.4 Å². The molecule has 0 aliphatic carbocycles. The average Bonchev–Trinajstić information content (AvgIpc) is 3.06. The summed E-state index contributed by atoms with van der Waals surface area (Å²) in [5, 5.41) is 4.15. The molecule has 8 heteroatoms. The van der Waals surface area contributed by atoms with E-state index in [2.05, 4.69) is 26.2 Å². The number of carbonyl (C=O) groups is 1. The Kier molecular flexibility index (Phi) is 5.34. The molecule has 0 radical (unpaired) electrons. The summed E-state index contributed by atoms with van der Waals surface area (Å²) in [4.78, 5) is 17.0.